The molecular weight excluding hydrogens is 1020 g/mol. The number of benzene rings is 4. The normalized spacial score (nSPS) is 17.2. The molecule has 1 aromatic heterocycles. The number of para-hydroxylation sites is 1. The Morgan fingerprint density at radius 3 is 1.54 bits per heavy atom. The standard InChI is InChI=1S/C63H77N3O12S/c1-5-59(67)73-39-15-9-7-13-37-71-51-27-31-53(32-28-51)77-61(69)48-23-19-46(20-24-48)43-75-55-35-36-57(50(41-55)42-64-66(45(3)4)63-65-56-17-11-12-18-58(56)79-63)76-44-47-21-25-49(26-22-47)62(70)78-54-33-29-52(30-34-54)72-38-14-8-10-16-40-74-60(68)6-2/h5-6,11-12,17-18,27-36,41-42,45-49H,1-2,7-10,13-16,19-26,37-40,43-44H2,3-4H3/b64-42+. The Hall–Kier alpha value is -7.20. The number of carbonyl (C=O) groups excluding carboxylic acids is 4. The van der Waals surface area contributed by atoms with E-state index in [1.54, 1.807) is 35.6 Å². The molecule has 0 radical (unpaired) electrons. The molecule has 1 heterocycles. The highest BCUT2D eigenvalue weighted by molar-refractivity contribution is 7.22. The molecule has 79 heavy (non-hydrogen) atoms. The van der Waals surface area contributed by atoms with Gasteiger partial charge in [-0.1, -0.05) is 36.6 Å². The predicted octanol–water partition coefficient (Wildman–Crippen LogP) is 13.5. The van der Waals surface area contributed by atoms with E-state index in [2.05, 4.69) is 33.1 Å². The van der Waals surface area contributed by atoms with Gasteiger partial charge in [-0.25, -0.2) is 19.6 Å². The van der Waals surface area contributed by atoms with Gasteiger partial charge in [0.25, 0.3) is 0 Å². The maximum absolute atomic E-state index is 13.3. The second-order valence-corrected chi connectivity index (χ2v) is 21.5. The van der Waals surface area contributed by atoms with E-state index in [-0.39, 0.29) is 41.7 Å². The van der Waals surface area contributed by atoms with E-state index in [9.17, 15) is 19.2 Å². The summed E-state index contributed by atoms with van der Waals surface area (Å²) in [4.78, 5) is 53.7. The van der Waals surface area contributed by atoms with Gasteiger partial charge in [0.15, 0.2) is 0 Å². The molecule has 7 rings (SSSR count). The predicted molar refractivity (Wildman–Crippen MR) is 308 cm³/mol. The Bertz CT molecular complexity index is 2710. The van der Waals surface area contributed by atoms with Crippen molar-refractivity contribution in [3.8, 4) is 34.5 Å². The van der Waals surface area contributed by atoms with Crippen LogP contribution in [0.25, 0.3) is 10.2 Å². The van der Waals surface area contributed by atoms with Crippen LogP contribution in [0.5, 0.6) is 34.5 Å². The third-order valence-corrected chi connectivity index (χ3v) is 15.1. The molecule has 16 heteroatoms. The highest BCUT2D eigenvalue weighted by atomic mass is 32.1. The number of carbonyl (C=O) groups is 4. The van der Waals surface area contributed by atoms with E-state index in [0.717, 1.165) is 117 Å². The summed E-state index contributed by atoms with van der Waals surface area (Å²) < 4.78 is 47.5. The summed E-state index contributed by atoms with van der Waals surface area (Å²) in [5.74, 6) is 2.80. The number of fused-ring (bicyclic) bond motifs is 1. The van der Waals surface area contributed by atoms with Crippen LogP contribution < -0.4 is 33.4 Å². The number of esters is 4. The minimum atomic E-state index is -0.395. The lowest BCUT2D eigenvalue weighted by Gasteiger charge is -2.28. The van der Waals surface area contributed by atoms with E-state index in [4.69, 9.17) is 48.0 Å². The lowest BCUT2D eigenvalue weighted by atomic mass is 9.82. The van der Waals surface area contributed by atoms with E-state index in [1.807, 2.05) is 71.9 Å². The zero-order valence-corrected chi connectivity index (χ0v) is 46.7. The lowest BCUT2D eigenvalue weighted by Crippen LogP contribution is -2.28. The molecule has 0 amide bonds. The van der Waals surface area contributed by atoms with Crippen molar-refractivity contribution in [3.05, 3.63) is 122 Å². The van der Waals surface area contributed by atoms with Gasteiger partial charge in [-0.2, -0.15) is 5.10 Å². The van der Waals surface area contributed by atoms with Crippen molar-refractivity contribution >= 4 is 56.8 Å². The van der Waals surface area contributed by atoms with Gasteiger partial charge in [0.05, 0.1) is 67.9 Å². The minimum Gasteiger partial charge on any atom is -0.494 e. The summed E-state index contributed by atoms with van der Waals surface area (Å²) in [7, 11) is 0. The summed E-state index contributed by atoms with van der Waals surface area (Å²) in [5, 5.41) is 7.72. The first-order valence-electron chi connectivity index (χ1n) is 28.1. The zero-order chi connectivity index (χ0) is 55.6. The van der Waals surface area contributed by atoms with Crippen molar-refractivity contribution in [3.63, 3.8) is 0 Å². The Balaban J connectivity index is 0.857. The highest BCUT2D eigenvalue weighted by Gasteiger charge is 2.30. The Morgan fingerprint density at radius 2 is 1.05 bits per heavy atom. The highest BCUT2D eigenvalue weighted by Crippen LogP contribution is 2.35. The van der Waals surface area contributed by atoms with Crippen molar-refractivity contribution in [1.82, 2.24) is 4.98 Å². The van der Waals surface area contributed by atoms with Crippen LogP contribution in [0, 0.1) is 23.7 Å². The molecule has 2 saturated carbocycles. The molecule has 0 atom stereocenters. The lowest BCUT2D eigenvalue weighted by molar-refractivity contribution is -0.141. The van der Waals surface area contributed by atoms with Crippen molar-refractivity contribution in [2.24, 2.45) is 28.8 Å². The average Bonchev–Trinajstić information content (AvgIpc) is 3.91. The first-order valence-corrected chi connectivity index (χ1v) is 28.9. The van der Waals surface area contributed by atoms with Crippen LogP contribution in [0.1, 0.15) is 122 Å². The Kier molecular flexibility index (Phi) is 24.1. The smallest absolute Gasteiger partial charge is 0.330 e. The van der Waals surface area contributed by atoms with Crippen molar-refractivity contribution in [2.75, 3.05) is 44.7 Å². The topological polar surface area (TPSA) is 171 Å². The maximum Gasteiger partial charge on any atom is 0.330 e. The molecule has 2 aliphatic carbocycles. The number of unbranched alkanes of at least 4 members (excludes halogenated alkanes) is 6. The third kappa shape index (κ3) is 19.9. The van der Waals surface area contributed by atoms with Crippen LogP contribution in [0.2, 0.25) is 0 Å². The summed E-state index contributed by atoms with van der Waals surface area (Å²) in [6.45, 7) is 13.9. The second-order valence-electron chi connectivity index (χ2n) is 20.5. The molecule has 2 aliphatic rings. The number of hydrogen-bond donors (Lipinski definition) is 0. The number of ether oxygens (including phenoxy) is 8. The van der Waals surface area contributed by atoms with Crippen LogP contribution in [0.4, 0.5) is 5.13 Å². The van der Waals surface area contributed by atoms with Crippen LogP contribution in [0.3, 0.4) is 0 Å². The summed E-state index contributed by atoms with van der Waals surface area (Å²) >= 11 is 1.60. The first kappa shape index (κ1) is 59.5. The van der Waals surface area contributed by atoms with Gasteiger partial charge in [0.2, 0.25) is 5.13 Å². The molecule has 5 aromatic rings. The largest absolute Gasteiger partial charge is 0.494 e. The fourth-order valence-corrected chi connectivity index (χ4v) is 10.5. The molecular formula is C63H77N3O12S. The monoisotopic (exact) mass is 1100 g/mol. The van der Waals surface area contributed by atoms with Gasteiger partial charge in [-0.05, 0) is 207 Å². The van der Waals surface area contributed by atoms with Gasteiger partial charge in [-0.15, -0.1) is 0 Å². The van der Waals surface area contributed by atoms with Gasteiger partial charge in [-0.3, -0.25) is 9.59 Å². The first-order chi connectivity index (χ1) is 38.5. The number of nitrogens with zero attached hydrogens (tertiary/aromatic N) is 3. The number of rotatable bonds is 32. The van der Waals surface area contributed by atoms with Crippen LogP contribution in [0.15, 0.2) is 121 Å². The molecule has 2 fully saturated rings. The minimum absolute atomic E-state index is 0.0338. The van der Waals surface area contributed by atoms with Crippen LogP contribution in [-0.2, 0) is 28.7 Å². The van der Waals surface area contributed by atoms with E-state index in [0.29, 0.717) is 81.2 Å². The number of thiazole rings is 1. The van der Waals surface area contributed by atoms with Crippen molar-refractivity contribution in [1.29, 1.82) is 0 Å². The van der Waals surface area contributed by atoms with Crippen molar-refractivity contribution in [2.45, 2.75) is 123 Å². The van der Waals surface area contributed by atoms with Gasteiger partial charge in [0, 0.05) is 23.8 Å². The van der Waals surface area contributed by atoms with Gasteiger partial charge in [0.1, 0.15) is 34.5 Å². The molecule has 15 nitrogen and oxygen atoms in total. The average molecular weight is 1100 g/mol. The Labute approximate surface area is 469 Å². The molecule has 0 bridgehead atoms. The number of hydrogen-bond acceptors (Lipinski definition) is 16. The van der Waals surface area contributed by atoms with Crippen LogP contribution in [-0.4, -0.2) is 80.8 Å². The fraction of sp³-hybridized carbons (Fsp3) is 0.460. The number of aromatic nitrogens is 1. The Morgan fingerprint density at radius 1 is 0.582 bits per heavy atom. The summed E-state index contributed by atoms with van der Waals surface area (Å²) in [5.41, 5.74) is 1.71. The SMILES string of the molecule is C=CC(=O)OCCCCCCOc1ccc(OC(=O)C2CCC(COc3ccc(OCC4CCC(C(=O)Oc5ccc(OCCCCCCOC(=O)C=C)cc5)CC4)c(/C=N/N(c4nc5ccccc5s4)C(C)C)c3)CC2)cc1. The molecule has 0 N–H and O–H groups in total. The van der Waals surface area contributed by atoms with Crippen LogP contribution >= 0.6 is 11.3 Å². The fourth-order valence-electron chi connectivity index (χ4n) is 9.45. The quantitative estimate of drug-likeness (QED) is 0.00995. The van der Waals surface area contributed by atoms with E-state index < -0.39 is 11.9 Å². The molecule has 0 saturated heterocycles. The summed E-state index contributed by atoms with van der Waals surface area (Å²) in [6.07, 6.45) is 17.6. The molecule has 422 valence electrons. The molecule has 0 aliphatic heterocycles. The molecule has 0 spiro atoms. The zero-order valence-electron chi connectivity index (χ0n) is 45.9. The molecule has 0 unspecified atom stereocenters. The maximum atomic E-state index is 13.3. The number of hydrazone groups is 1. The van der Waals surface area contributed by atoms with Gasteiger partial charge >= 0.3 is 23.9 Å². The van der Waals surface area contributed by atoms with E-state index >= 15 is 0 Å². The number of anilines is 1. The summed E-state index contributed by atoms with van der Waals surface area (Å²) in [6, 6.07) is 28.3. The second kappa shape index (κ2) is 32.0. The van der Waals surface area contributed by atoms with Crippen molar-refractivity contribution < 1.29 is 57.1 Å². The van der Waals surface area contributed by atoms with Gasteiger partial charge < -0.3 is 37.9 Å². The molecule has 4 aromatic carbocycles. The third-order valence-electron chi connectivity index (χ3n) is 14.1. The van der Waals surface area contributed by atoms with E-state index in [1.165, 1.54) is 12.2 Å².